The van der Waals surface area contributed by atoms with Gasteiger partial charge in [0.15, 0.2) is 0 Å². The van der Waals surface area contributed by atoms with Crippen molar-refractivity contribution in [3.05, 3.63) is 35.6 Å². The molecule has 17 heavy (non-hydrogen) atoms. The molecule has 0 saturated carbocycles. The Morgan fingerprint density at radius 3 is 2.94 bits per heavy atom. The topological polar surface area (TPSA) is 29.3 Å². The van der Waals surface area contributed by atoms with E-state index in [1.807, 2.05) is 6.07 Å². The predicted octanol–water partition coefficient (Wildman–Crippen LogP) is 2.53. The van der Waals surface area contributed by atoms with E-state index in [1.165, 1.54) is 6.07 Å². The van der Waals surface area contributed by atoms with Gasteiger partial charge in [-0.25, -0.2) is 4.39 Å². The monoisotopic (exact) mass is 236 g/mol. The van der Waals surface area contributed by atoms with E-state index in [2.05, 4.69) is 18.7 Å². The molecule has 0 bridgehead atoms. The average molecular weight is 236 g/mol. The number of benzene rings is 1. The Kier molecular flexibility index (Phi) is 3.50. The third-order valence-electron chi connectivity index (χ3n) is 3.93. The second-order valence-electron chi connectivity index (χ2n) is 5.45. The fourth-order valence-electron chi connectivity index (χ4n) is 2.52. The lowest BCUT2D eigenvalue weighted by molar-refractivity contribution is 0.0501. The lowest BCUT2D eigenvalue weighted by atomic mass is 9.85. The third-order valence-corrected chi connectivity index (χ3v) is 3.93. The third kappa shape index (κ3) is 2.67. The zero-order valence-corrected chi connectivity index (χ0v) is 10.6. The van der Waals surface area contributed by atoms with Gasteiger partial charge in [-0.2, -0.15) is 0 Å². The van der Waals surface area contributed by atoms with Crippen LogP contribution >= 0.6 is 0 Å². The molecule has 2 rings (SSSR count). The van der Waals surface area contributed by atoms with Crippen LogP contribution in [0.1, 0.15) is 32.3 Å². The molecule has 1 aliphatic heterocycles. The molecular formula is C14H21FN2. The van der Waals surface area contributed by atoms with Crippen LogP contribution < -0.4 is 5.73 Å². The van der Waals surface area contributed by atoms with Crippen molar-refractivity contribution in [1.82, 2.24) is 4.90 Å². The van der Waals surface area contributed by atoms with Gasteiger partial charge in [0, 0.05) is 18.1 Å². The number of hydrogen-bond donors (Lipinski definition) is 1. The number of halogens is 1. The van der Waals surface area contributed by atoms with Crippen molar-refractivity contribution >= 4 is 0 Å². The molecule has 0 spiro atoms. The molecule has 1 atom stereocenters. The van der Waals surface area contributed by atoms with Crippen LogP contribution in [0.5, 0.6) is 0 Å². The maximum atomic E-state index is 13.1. The largest absolute Gasteiger partial charge is 0.326 e. The fourth-order valence-corrected chi connectivity index (χ4v) is 2.52. The highest BCUT2D eigenvalue weighted by Crippen LogP contribution is 2.28. The molecule has 3 heteroatoms. The molecule has 0 aromatic heterocycles. The van der Waals surface area contributed by atoms with Crippen molar-refractivity contribution < 1.29 is 4.39 Å². The predicted molar refractivity (Wildman–Crippen MR) is 68.1 cm³/mol. The average Bonchev–Trinajstić information content (AvgIpc) is 2.25. The van der Waals surface area contributed by atoms with Crippen LogP contribution in [0.2, 0.25) is 0 Å². The van der Waals surface area contributed by atoms with Gasteiger partial charge in [-0.3, -0.25) is 4.90 Å². The molecule has 1 fully saturated rings. The Balaban J connectivity index is 2.12. The minimum atomic E-state index is -0.165. The number of nitrogens with two attached hydrogens (primary N) is 1. The van der Waals surface area contributed by atoms with E-state index in [0.717, 1.165) is 31.5 Å². The van der Waals surface area contributed by atoms with E-state index >= 15 is 0 Å². The second-order valence-corrected chi connectivity index (χ2v) is 5.45. The summed E-state index contributed by atoms with van der Waals surface area (Å²) in [6.07, 6.45) is 2.20. The number of nitrogens with zero attached hydrogens (tertiary/aromatic N) is 1. The Labute approximate surface area is 103 Å². The van der Waals surface area contributed by atoms with E-state index in [1.54, 1.807) is 12.1 Å². The highest BCUT2D eigenvalue weighted by atomic mass is 19.1. The first kappa shape index (κ1) is 12.5. The molecule has 1 unspecified atom stereocenters. The number of piperidine rings is 1. The van der Waals surface area contributed by atoms with E-state index in [9.17, 15) is 4.39 Å². The molecule has 1 aromatic carbocycles. The molecule has 1 aromatic rings. The van der Waals surface area contributed by atoms with Crippen LogP contribution in [0.15, 0.2) is 24.3 Å². The van der Waals surface area contributed by atoms with Gasteiger partial charge >= 0.3 is 0 Å². The Bertz CT molecular complexity index is 390. The summed E-state index contributed by atoms with van der Waals surface area (Å²) in [4.78, 5) is 2.36. The summed E-state index contributed by atoms with van der Waals surface area (Å²) in [6.45, 7) is 6.17. The molecule has 1 heterocycles. The van der Waals surface area contributed by atoms with Gasteiger partial charge in [-0.05, 0) is 50.9 Å². The SMILES string of the molecule is CC1(C)C(N)CCCN1Cc1cccc(F)c1. The van der Waals surface area contributed by atoms with Gasteiger partial charge in [0.25, 0.3) is 0 Å². The van der Waals surface area contributed by atoms with Gasteiger partial charge < -0.3 is 5.73 Å². The minimum absolute atomic E-state index is 0.00936. The van der Waals surface area contributed by atoms with Gasteiger partial charge in [0.1, 0.15) is 5.82 Å². The van der Waals surface area contributed by atoms with Gasteiger partial charge in [-0.1, -0.05) is 12.1 Å². The highest BCUT2D eigenvalue weighted by Gasteiger charge is 2.35. The standard InChI is InChI=1S/C14H21FN2/c1-14(2)13(16)7-4-8-17(14)10-11-5-3-6-12(15)9-11/h3,5-6,9,13H,4,7-8,10,16H2,1-2H3. The van der Waals surface area contributed by atoms with Crippen molar-refractivity contribution in [1.29, 1.82) is 0 Å². The Morgan fingerprint density at radius 2 is 2.24 bits per heavy atom. The van der Waals surface area contributed by atoms with Crippen molar-refractivity contribution in [3.8, 4) is 0 Å². The molecule has 1 aliphatic rings. The van der Waals surface area contributed by atoms with Crippen molar-refractivity contribution in [2.24, 2.45) is 5.73 Å². The van der Waals surface area contributed by atoms with Crippen LogP contribution in [0.4, 0.5) is 4.39 Å². The van der Waals surface area contributed by atoms with E-state index in [-0.39, 0.29) is 17.4 Å². The van der Waals surface area contributed by atoms with E-state index < -0.39 is 0 Å². The molecule has 2 N–H and O–H groups in total. The Morgan fingerprint density at radius 1 is 1.47 bits per heavy atom. The van der Waals surface area contributed by atoms with Crippen LogP contribution in [0.25, 0.3) is 0 Å². The second kappa shape index (κ2) is 4.75. The molecule has 0 amide bonds. The quantitative estimate of drug-likeness (QED) is 0.855. The number of rotatable bonds is 2. The molecule has 1 saturated heterocycles. The van der Waals surface area contributed by atoms with Crippen LogP contribution in [-0.4, -0.2) is 23.0 Å². The van der Waals surface area contributed by atoms with Crippen LogP contribution in [0, 0.1) is 5.82 Å². The number of hydrogen-bond acceptors (Lipinski definition) is 2. The lowest BCUT2D eigenvalue weighted by Crippen LogP contribution is -2.59. The first-order valence-electron chi connectivity index (χ1n) is 6.25. The maximum Gasteiger partial charge on any atom is 0.123 e. The summed E-state index contributed by atoms with van der Waals surface area (Å²) in [5.74, 6) is -0.165. The summed E-state index contributed by atoms with van der Waals surface area (Å²) >= 11 is 0. The Hall–Kier alpha value is -0.930. The first-order valence-corrected chi connectivity index (χ1v) is 6.25. The van der Waals surface area contributed by atoms with Crippen molar-refractivity contribution in [2.75, 3.05) is 6.54 Å². The zero-order valence-electron chi connectivity index (χ0n) is 10.6. The zero-order chi connectivity index (χ0) is 12.5. The molecule has 0 aliphatic carbocycles. The minimum Gasteiger partial charge on any atom is -0.326 e. The molecular weight excluding hydrogens is 215 g/mol. The summed E-state index contributed by atoms with van der Waals surface area (Å²) in [7, 11) is 0. The van der Waals surface area contributed by atoms with Gasteiger partial charge in [-0.15, -0.1) is 0 Å². The van der Waals surface area contributed by atoms with Crippen molar-refractivity contribution in [2.45, 2.75) is 44.8 Å². The van der Waals surface area contributed by atoms with Gasteiger partial charge in [0.05, 0.1) is 0 Å². The summed E-state index contributed by atoms with van der Waals surface area (Å²) in [5.41, 5.74) is 7.18. The van der Waals surface area contributed by atoms with E-state index in [4.69, 9.17) is 5.73 Å². The lowest BCUT2D eigenvalue weighted by Gasteiger charge is -2.46. The van der Waals surface area contributed by atoms with Crippen LogP contribution in [-0.2, 0) is 6.54 Å². The summed E-state index contributed by atoms with van der Waals surface area (Å²) in [5, 5.41) is 0. The highest BCUT2D eigenvalue weighted by molar-refractivity contribution is 5.17. The molecule has 2 nitrogen and oxygen atoms in total. The summed E-state index contributed by atoms with van der Waals surface area (Å²) in [6, 6.07) is 7.03. The van der Waals surface area contributed by atoms with Gasteiger partial charge in [0.2, 0.25) is 0 Å². The first-order chi connectivity index (χ1) is 8.00. The smallest absolute Gasteiger partial charge is 0.123 e. The van der Waals surface area contributed by atoms with Crippen molar-refractivity contribution in [3.63, 3.8) is 0 Å². The summed E-state index contributed by atoms with van der Waals surface area (Å²) < 4.78 is 13.1. The van der Waals surface area contributed by atoms with E-state index in [0.29, 0.717) is 0 Å². The fraction of sp³-hybridized carbons (Fsp3) is 0.571. The maximum absolute atomic E-state index is 13.1. The van der Waals surface area contributed by atoms with Crippen LogP contribution in [0.3, 0.4) is 0 Å². The molecule has 94 valence electrons. The number of likely N-dealkylation sites (tertiary alicyclic amines) is 1. The molecule has 0 radical (unpaired) electrons. The normalized spacial score (nSPS) is 24.8.